The predicted octanol–water partition coefficient (Wildman–Crippen LogP) is 2.74. The number of carbonyl (C=O) groups excluding carboxylic acids is 1. The number of carbonyl (C=O) groups is 2. The fraction of sp³-hybridized carbons (Fsp3) is 0.568. The molecule has 0 radical (unpaired) electrons. The van der Waals surface area contributed by atoms with Crippen LogP contribution in [0.25, 0.3) is 10.8 Å². The van der Waals surface area contributed by atoms with Gasteiger partial charge in [0.25, 0.3) is 0 Å². The summed E-state index contributed by atoms with van der Waals surface area (Å²) in [6.07, 6.45) is -1.94. The number of Topliss-reactive ketones (excluding diaryl/α,β-unsaturated/α-hetero) is 1. The highest BCUT2D eigenvalue weighted by Gasteiger charge is 2.63. The first-order valence-electron chi connectivity index (χ1n) is 17.1. The van der Waals surface area contributed by atoms with E-state index >= 15 is 0 Å². The van der Waals surface area contributed by atoms with Gasteiger partial charge in [-0.3, -0.25) is 4.79 Å². The number of carboxylic acid groups (broad SMARTS) is 1. The zero-order chi connectivity index (χ0) is 35.9. The van der Waals surface area contributed by atoms with Gasteiger partial charge in [0, 0.05) is 29.6 Å². The van der Waals surface area contributed by atoms with E-state index in [2.05, 4.69) is 13.0 Å². The zero-order valence-corrected chi connectivity index (χ0v) is 28.2. The molecule has 0 amide bonds. The number of phenolic OH excluding ortho intramolecular Hbond substituents is 2. The average Bonchev–Trinajstić information content (AvgIpc) is 3.44. The lowest BCUT2D eigenvalue weighted by Gasteiger charge is -2.57. The van der Waals surface area contributed by atoms with Crippen LogP contribution >= 0.6 is 0 Å². The second kappa shape index (κ2) is 12.6. The highest BCUT2D eigenvalue weighted by molar-refractivity contribution is 6.11. The number of hydrogen-bond acceptors (Lipinski definition) is 12. The molecule has 0 unspecified atom stereocenters. The minimum atomic E-state index is -1.78. The monoisotopic (exact) mass is 696 g/mol. The Morgan fingerprint density at radius 1 is 1.12 bits per heavy atom. The first kappa shape index (κ1) is 34.9. The second-order valence-corrected chi connectivity index (χ2v) is 14.5. The van der Waals surface area contributed by atoms with E-state index in [1.165, 1.54) is 13.8 Å². The molecule has 3 aliphatic heterocycles. The molecule has 2 aliphatic carbocycles. The largest absolute Gasteiger partial charge is 0.507 e. The van der Waals surface area contributed by atoms with E-state index in [9.17, 15) is 45.3 Å². The number of aromatic carboxylic acids is 1. The molecule has 3 heterocycles. The van der Waals surface area contributed by atoms with Crippen molar-refractivity contribution in [2.24, 2.45) is 23.2 Å². The molecule has 7 N–H and O–H groups in total. The molecule has 270 valence electrons. The number of ketones is 1. The number of rotatable bonds is 7. The maximum Gasteiger partial charge on any atom is 0.335 e. The number of carboxylic acids is 1. The van der Waals surface area contributed by atoms with Crippen molar-refractivity contribution in [3.63, 3.8) is 0 Å². The molecule has 0 aromatic heterocycles. The van der Waals surface area contributed by atoms with Crippen LogP contribution in [0.5, 0.6) is 17.2 Å². The van der Waals surface area contributed by atoms with Crippen molar-refractivity contribution in [2.45, 2.75) is 76.7 Å². The van der Waals surface area contributed by atoms with Crippen molar-refractivity contribution in [1.29, 1.82) is 0 Å². The van der Waals surface area contributed by atoms with Crippen LogP contribution in [-0.2, 0) is 14.2 Å². The predicted molar refractivity (Wildman–Crippen MR) is 176 cm³/mol. The van der Waals surface area contributed by atoms with Crippen molar-refractivity contribution in [2.75, 3.05) is 33.0 Å². The lowest BCUT2D eigenvalue weighted by Crippen LogP contribution is -2.69. The van der Waals surface area contributed by atoms with Gasteiger partial charge in [0.15, 0.2) is 5.78 Å². The lowest BCUT2D eigenvalue weighted by molar-refractivity contribution is -0.325. The second-order valence-electron chi connectivity index (χ2n) is 14.5. The topological polar surface area (TPSA) is 213 Å². The summed E-state index contributed by atoms with van der Waals surface area (Å²) in [5.74, 6) is -3.16. The third-order valence-electron chi connectivity index (χ3n) is 12.2. The van der Waals surface area contributed by atoms with E-state index in [0.717, 1.165) is 35.3 Å². The molecular weight excluding hydrogens is 652 g/mol. The summed E-state index contributed by atoms with van der Waals surface area (Å²) < 4.78 is 24.8. The number of hydrogen-bond donors (Lipinski definition) is 7. The van der Waals surface area contributed by atoms with Gasteiger partial charge in [-0.2, -0.15) is 0 Å². The summed E-state index contributed by atoms with van der Waals surface area (Å²) in [5.41, 5.74) is 0.911. The quantitative estimate of drug-likeness (QED) is 0.164. The number of aliphatic hydroxyl groups is 4. The fourth-order valence-corrected chi connectivity index (χ4v) is 9.80. The van der Waals surface area contributed by atoms with Crippen molar-refractivity contribution in [3.05, 3.63) is 51.6 Å². The summed E-state index contributed by atoms with van der Waals surface area (Å²) >= 11 is 0. The minimum Gasteiger partial charge on any atom is -0.507 e. The highest BCUT2D eigenvalue weighted by atomic mass is 16.7. The number of allylic oxidation sites excluding steroid dienone is 2. The van der Waals surface area contributed by atoms with E-state index in [0.29, 0.717) is 26.1 Å². The lowest BCUT2D eigenvalue weighted by atomic mass is 9.51. The molecule has 3 fully saturated rings. The Labute approximate surface area is 288 Å². The Morgan fingerprint density at radius 2 is 1.88 bits per heavy atom. The number of benzene rings is 2. The van der Waals surface area contributed by atoms with Gasteiger partial charge in [-0.1, -0.05) is 13.0 Å². The van der Waals surface area contributed by atoms with Crippen LogP contribution in [0.3, 0.4) is 0 Å². The Kier molecular flexibility index (Phi) is 8.78. The maximum absolute atomic E-state index is 12.5. The summed E-state index contributed by atoms with van der Waals surface area (Å²) in [7, 11) is 0. The van der Waals surface area contributed by atoms with E-state index in [1.54, 1.807) is 0 Å². The Hall–Kier alpha value is -3.56. The minimum absolute atomic E-state index is 0.0160. The zero-order valence-electron chi connectivity index (χ0n) is 28.2. The van der Waals surface area contributed by atoms with Gasteiger partial charge in [-0.05, 0) is 86.1 Å². The van der Waals surface area contributed by atoms with E-state index in [-0.39, 0.29) is 76.0 Å². The van der Waals surface area contributed by atoms with E-state index in [4.69, 9.17) is 18.9 Å². The van der Waals surface area contributed by atoms with Gasteiger partial charge >= 0.3 is 5.97 Å². The first-order chi connectivity index (χ1) is 23.8. The molecule has 9 atom stereocenters. The summed E-state index contributed by atoms with van der Waals surface area (Å²) in [5, 5.41) is 76.3. The van der Waals surface area contributed by atoms with E-state index < -0.39 is 60.1 Å². The average molecular weight is 697 g/mol. The maximum atomic E-state index is 12.5. The molecule has 2 aromatic rings. The molecular formula is C37H44O13. The van der Waals surface area contributed by atoms with Gasteiger partial charge in [0.2, 0.25) is 6.29 Å². The number of phenols is 2. The van der Waals surface area contributed by atoms with Crippen molar-refractivity contribution in [3.8, 4) is 17.2 Å². The van der Waals surface area contributed by atoms with E-state index in [1.807, 2.05) is 0 Å². The molecule has 1 saturated carbocycles. The molecule has 2 aromatic carbocycles. The van der Waals surface area contributed by atoms with Gasteiger partial charge in [0.05, 0.1) is 36.3 Å². The fourth-order valence-electron chi connectivity index (χ4n) is 9.80. The first-order valence-corrected chi connectivity index (χ1v) is 17.1. The van der Waals surface area contributed by atoms with Crippen molar-refractivity contribution in [1.82, 2.24) is 0 Å². The smallest absolute Gasteiger partial charge is 0.335 e. The number of ether oxygens (including phenoxy) is 4. The van der Waals surface area contributed by atoms with Gasteiger partial charge < -0.3 is 54.7 Å². The summed E-state index contributed by atoms with van der Waals surface area (Å²) in [4.78, 5) is 24.5. The van der Waals surface area contributed by atoms with Crippen LogP contribution in [0.2, 0.25) is 0 Å². The molecule has 13 heteroatoms. The van der Waals surface area contributed by atoms with Crippen LogP contribution < -0.4 is 4.74 Å². The Morgan fingerprint density at radius 3 is 2.56 bits per heavy atom. The van der Waals surface area contributed by atoms with Gasteiger partial charge in [0.1, 0.15) is 41.2 Å². The Bertz CT molecular complexity index is 1810. The van der Waals surface area contributed by atoms with Crippen molar-refractivity contribution >= 4 is 22.5 Å². The third-order valence-corrected chi connectivity index (χ3v) is 12.2. The number of fused-ring (bicyclic) bond motifs is 3. The van der Waals surface area contributed by atoms with Crippen molar-refractivity contribution < 1.29 is 64.3 Å². The normalized spacial score (nSPS) is 35.0. The summed E-state index contributed by atoms with van der Waals surface area (Å²) in [6.45, 7) is 5.38. The van der Waals surface area contributed by atoms with Crippen LogP contribution in [0.4, 0.5) is 0 Å². The number of aliphatic hydroxyl groups excluding tert-OH is 4. The standard InChI is InChI=1S/C37H44O13/c1-16-22-12-37(48-14-19-4-5-24(28(19)22)36(7-8-38)15-47-9-6-23(16)36)26(13-39)50-35(32(43)33(37)44)49-25-11-20(34(45)46)10-21-29(25)31(42)27(18(3)40)17(2)30(21)41/h5,10-11,16,22-23,26,32-33,35,38-39,41-44H,4,6-9,12-15H2,1-3H3,(H,45,46)/t16-,22+,23+,26+,32+,33+,35-,36+,37-/m0/s1. The van der Waals surface area contributed by atoms with Gasteiger partial charge in [-0.25, -0.2) is 4.79 Å². The molecule has 5 aliphatic rings. The van der Waals surface area contributed by atoms with Gasteiger partial charge in [-0.15, -0.1) is 0 Å². The SMILES string of the molecule is CC(=O)c1c(C)c(O)c2cc(C(=O)O)cc(O[C@H]3O[C@H](CO)[C@@]4(C[C@H]5C6=C(CC=C6[C@]6(CCO)COCC[C@@H]6[C@H]5C)CO4)[C@H](O)[C@H]3O)c2c1O. The van der Waals surface area contributed by atoms with Crippen LogP contribution in [0.1, 0.15) is 65.8 Å². The van der Waals surface area contributed by atoms with Crippen LogP contribution in [0.15, 0.2) is 34.9 Å². The third kappa shape index (κ3) is 4.93. The van der Waals surface area contributed by atoms with Crippen LogP contribution in [-0.4, -0.2) is 111 Å². The molecule has 1 spiro atoms. The highest BCUT2D eigenvalue weighted by Crippen LogP contribution is 2.63. The summed E-state index contributed by atoms with van der Waals surface area (Å²) in [6, 6.07) is 2.19. The van der Waals surface area contributed by atoms with Crippen LogP contribution in [0, 0.1) is 30.1 Å². The number of aromatic hydroxyl groups is 2. The molecule has 7 rings (SSSR count). The molecule has 2 saturated heterocycles. The molecule has 13 nitrogen and oxygen atoms in total. The Balaban J connectivity index is 1.26. The molecule has 0 bridgehead atoms. The molecule has 50 heavy (non-hydrogen) atoms.